The molecule has 1 aliphatic rings. The van der Waals surface area contributed by atoms with Gasteiger partial charge in [0, 0.05) is 32.0 Å². The van der Waals surface area contributed by atoms with Gasteiger partial charge in [-0.05, 0) is 12.0 Å². The van der Waals surface area contributed by atoms with Crippen molar-refractivity contribution >= 4 is 23.8 Å². The smallest absolute Gasteiger partial charge is 0.410 e. The highest BCUT2D eigenvalue weighted by Gasteiger charge is 2.34. The first kappa shape index (κ1) is 20.2. The number of amidine groups is 1. The molecule has 1 saturated heterocycles. The van der Waals surface area contributed by atoms with Crippen molar-refractivity contribution in [1.29, 1.82) is 5.41 Å². The number of carboxylic acid groups (broad SMARTS) is 1. The second-order valence-corrected chi connectivity index (χ2v) is 6.46. The van der Waals surface area contributed by atoms with Crippen molar-refractivity contribution in [1.82, 2.24) is 10.2 Å². The van der Waals surface area contributed by atoms with Gasteiger partial charge >= 0.3 is 12.1 Å². The maximum Gasteiger partial charge on any atom is 0.410 e. The molecular formula is C18H24N4O5. The van der Waals surface area contributed by atoms with Gasteiger partial charge < -0.3 is 25.8 Å². The van der Waals surface area contributed by atoms with Gasteiger partial charge in [0.1, 0.15) is 11.9 Å². The number of hydrogen-bond donors (Lipinski definition) is 4. The summed E-state index contributed by atoms with van der Waals surface area (Å²) in [5.41, 5.74) is 6.92. The van der Waals surface area contributed by atoms with E-state index in [0.29, 0.717) is 18.4 Å². The van der Waals surface area contributed by atoms with Crippen LogP contribution in [0.5, 0.6) is 0 Å². The van der Waals surface area contributed by atoms with Crippen LogP contribution < -0.4 is 11.1 Å². The molecule has 2 rings (SSSR count). The lowest BCUT2D eigenvalue weighted by Crippen LogP contribution is -2.43. The lowest BCUT2D eigenvalue weighted by Gasteiger charge is -2.36. The minimum Gasteiger partial charge on any atom is -0.481 e. The van der Waals surface area contributed by atoms with E-state index in [2.05, 4.69) is 5.32 Å². The van der Waals surface area contributed by atoms with Crippen LogP contribution in [0.25, 0.3) is 0 Å². The number of nitrogen functional groups attached to an aromatic ring is 1. The van der Waals surface area contributed by atoms with Gasteiger partial charge in [0.05, 0.1) is 12.5 Å². The van der Waals surface area contributed by atoms with E-state index in [4.69, 9.17) is 21.0 Å². The molecule has 0 aromatic heterocycles. The quantitative estimate of drug-likeness (QED) is 0.305. The molecule has 0 bridgehead atoms. The largest absolute Gasteiger partial charge is 0.481 e. The molecule has 1 fully saturated rings. The molecule has 0 aliphatic carbocycles. The number of carbonyl (C=O) groups is 3. The summed E-state index contributed by atoms with van der Waals surface area (Å²) in [7, 11) is 1.63. The number of nitrogens with zero attached hydrogens (tertiary/aromatic N) is 1. The number of amides is 2. The van der Waals surface area contributed by atoms with Crippen molar-refractivity contribution in [3.63, 3.8) is 0 Å². The molecule has 0 radical (unpaired) electrons. The summed E-state index contributed by atoms with van der Waals surface area (Å²) in [5, 5.41) is 18.7. The number of aliphatic carboxylic acids is 1. The van der Waals surface area contributed by atoms with Gasteiger partial charge in [-0.1, -0.05) is 24.3 Å². The fourth-order valence-electron chi connectivity index (χ4n) is 2.92. The Morgan fingerprint density at radius 2 is 2.04 bits per heavy atom. The van der Waals surface area contributed by atoms with E-state index in [1.807, 2.05) is 0 Å². The van der Waals surface area contributed by atoms with E-state index in [1.165, 1.54) is 4.90 Å². The van der Waals surface area contributed by atoms with Gasteiger partial charge in [-0.2, -0.15) is 0 Å². The summed E-state index contributed by atoms with van der Waals surface area (Å²) in [6.45, 7) is 0.266. The molecule has 146 valence electrons. The maximum absolute atomic E-state index is 12.1. The molecule has 9 heteroatoms. The Hall–Kier alpha value is -3.10. The zero-order valence-electron chi connectivity index (χ0n) is 15.1. The zero-order valence-corrected chi connectivity index (χ0v) is 15.1. The van der Waals surface area contributed by atoms with Crippen LogP contribution >= 0.6 is 0 Å². The lowest BCUT2D eigenvalue weighted by molar-refractivity contribution is -0.137. The standard InChI is InChI=1S/C18H24N4O5/c1-22-14(11-4-6-12(7-5-11)17(19)20)9-13(27-18(22)26)10-15(23)21-8-2-3-16(24)25/h4-7,13-14H,2-3,8-10H2,1H3,(H3,19,20)(H,21,23)(H,24,25). The van der Waals surface area contributed by atoms with Gasteiger partial charge in [0.2, 0.25) is 5.91 Å². The van der Waals surface area contributed by atoms with Crippen LogP contribution in [-0.4, -0.2) is 53.5 Å². The number of carbonyl (C=O) groups excluding carboxylic acids is 2. The summed E-state index contributed by atoms with van der Waals surface area (Å²) in [6.07, 6.45) is -0.267. The first-order valence-electron chi connectivity index (χ1n) is 8.64. The van der Waals surface area contributed by atoms with Gasteiger partial charge in [-0.3, -0.25) is 15.0 Å². The van der Waals surface area contributed by atoms with Crippen LogP contribution in [0, 0.1) is 5.41 Å². The molecule has 5 N–H and O–H groups in total. The van der Waals surface area contributed by atoms with Crippen LogP contribution in [0.15, 0.2) is 24.3 Å². The van der Waals surface area contributed by atoms with Crippen LogP contribution in [0.4, 0.5) is 4.79 Å². The Kier molecular flexibility index (Phi) is 6.75. The topological polar surface area (TPSA) is 146 Å². The van der Waals surface area contributed by atoms with E-state index in [9.17, 15) is 14.4 Å². The highest BCUT2D eigenvalue weighted by Crippen LogP contribution is 2.31. The van der Waals surface area contributed by atoms with Crippen molar-refractivity contribution < 1.29 is 24.2 Å². The molecule has 27 heavy (non-hydrogen) atoms. The Morgan fingerprint density at radius 3 is 2.63 bits per heavy atom. The van der Waals surface area contributed by atoms with E-state index < -0.39 is 18.2 Å². The first-order valence-corrected chi connectivity index (χ1v) is 8.64. The Bertz CT molecular complexity index is 719. The van der Waals surface area contributed by atoms with Gasteiger partial charge in [-0.15, -0.1) is 0 Å². The zero-order chi connectivity index (χ0) is 20.0. The highest BCUT2D eigenvalue weighted by molar-refractivity contribution is 5.94. The number of nitrogens with one attached hydrogen (secondary N) is 2. The lowest BCUT2D eigenvalue weighted by atomic mass is 9.95. The number of hydrogen-bond acceptors (Lipinski definition) is 5. The van der Waals surface area contributed by atoms with Crippen molar-refractivity contribution in [2.24, 2.45) is 5.73 Å². The second-order valence-electron chi connectivity index (χ2n) is 6.46. The van der Waals surface area contributed by atoms with Crippen LogP contribution in [-0.2, 0) is 14.3 Å². The minimum absolute atomic E-state index is 0.0121. The SMILES string of the molecule is CN1C(=O)OC(CC(=O)NCCCC(=O)O)CC1c1ccc(C(=N)N)cc1. The average molecular weight is 376 g/mol. The Morgan fingerprint density at radius 1 is 1.37 bits per heavy atom. The van der Waals surface area contributed by atoms with Crippen LogP contribution in [0.3, 0.4) is 0 Å². The number of ether oxygens (including phenoxy) is 1. The molecule has 1 aromatic rings. The number of carboxylic acids is 1. The summed E-state index contributed by atoms with van der Waals surface area (Å²) in [4.78, 5) is 36.1. The summed E-state index contributed by atoms with van der Waals surface area (Å²) >= 11 is 0. The average Bonchev–Trinajstić information content (AvgIpc) is 2.61. The molecular weight excluding hydrogens is 352 g/mol. The van der Waals surface area contributed by atoms with Gasteiger partial charge in [0.15, 0.2) is 0 Å². The second kappa shape index (κ2) is 9.02. The molecule has 1 heterocycles. The van der Waals surface area contributed by atoms with E-state index in [0.717, 1.165) is 5.56 Å². The van der Waals surface area contributed by atoms with Crippen LogP contribution in [0.1, 0.15) is 42.9 Å². The third-order valence-corrected chi connectivity index (χ3v) is 4.42. The van der Waals surface area contributed by atoms with E-state index in [-0.39, 0.29) is 37.2 Å². The van der Waals surface area contributed by atoms with Crippen molar-refractivity contribution in [3.8, 4) is 0 Å². The molecule has 9 nitrogen and oxygen atoms in total. The van der Waals surface area contributed by atoms with Crippen molar-refractivity contribution in [3.05, 3.63) is 35.4 Å². The van der Waals surface area contributed by atoms with E-state index in [1.54, 1.807) is 31.3 Å². The summed E-state index contributed by atoms with van der Waals surface area (Å²) < 4.78 is 5.31. The summed E-state index contributed by atoms with van der Waals surface area (Å²) in [6, 6.07) is 6.79. The van der Waals surface area contributed by atoms with Crippen LogP contribution in [0.2, 0.25) is 0 Å². The molecule has 0 saturated carbocycles. The maximum atomic E-state index is 12.1. The van der Waals surface area contributed by atoms with Crippen molar-refractivity contribution in [2.75, 3.05) is 13.6 Å². The number of rotatable bonds is 8. The fraction of sp³-hybridized carbons (Fsp3) is 0.444. The van der Waals surface area contributed by atoms with Gasteiger partial charge in [-0.25, -0.2) is 4.79 Å². The monoisotopic (exact) mass is 376 g/mol. The molecule has 2 unspecified atom stereocenters. The normalized spacial score (nSPS) is 19.3. The first-order chi connectivity index (χ1) is 12.8. The molecule has 2 amide bonds. The third-order valence-electron chi connectivity index (χ3n) is 4.42. The van der Waals surface area contributed by atoms with Crippen molar-refractivity contribution in [2.45, 2.75) is 37.8 Å². The minimum atomic E-state index is -0.910. The molecule has 2 atom stereocenters. The molecule has 0 spiro atoms. The summed E-state index contributed by atoms with van der Waals surface area (Å²) in [5.74, 6) is -1.23. The predicted octanol–water partition coefficient (Wildman–Crippen LogP) is 1.22. The van der Waals surface area contributed by atoms with Gasteiger partial charge in [0.25, 0.3) is 0 Å². The number of benzene rings is 1. The highest BCUT2D eigenvalue weighted by atomic mass is 16.6. The third kappa shape index (κ3) is 5.70. The Balaban J connectivity index is 1.95. The Labute approximate surface area is 157 Å². The molecule has 1 aliphatic heterocycles. The number of nitrogens with two attached hydrogens (primary N) is 1. The van der Waals surface area contributed by atoms with E-state index >= 15 is 0 Å². The number of cyclic esters (lactones) is 1. The molecule has 1 aromatic carbocycles. The fourth-order valence-corrected chi connectivity index (χ4v) is 2.92. The predicted molar refractivity (Wildman–Crippen MR) is 97.3 cm³/mol.